The Bertz CT molecular complexity index is 2340. The summed E-state index contributed by atoms with van der Waals surface area (Å²) in [6.07, 6.45) is 13.9. The molecule has 0 radical (unpaired) electrons. The molecule has 7 aliphatic rings. The number of H-pyrrole nitrogens is 1. The number of allylic oxidation sites excluding steroid dienone is 1. The largest absolute Gasteiger partial charge is 0.462 e. The summed E-state index contributed by atoms with van der Waals surface area (Å²) >= 11 is 0. The monoisotopic (exact) mass is 866 g/mol. The smallest absolute Gasteiger partial charge is 0.309 e. The number of likely N-dealkylation sites (tertiary alicyclic amines) is 1. The van der Waals surface area contributed by atoms with Gasteiger partial charge in [-0.1, -0.05) is 123 Å². The molecule has 1 N–H and O–H groups in total. The number of Topliss-reactive ketones (excluding diaryl/α,β-unsaturated/α-hetero) is 1. The number of nitrogens with zero attached hydrogens (tertiary/aromatic N) is 2. The number of hydrogen-bond donors (Lipinski definition) is 1. The second kappa shape index (κ2) is 15.3. The highest BCUT2D eigenvalue weighted by Gasteiger charge is 2.71. The summed E-state index contributed by atoms with van der Waals surface area (Å²) in [7, 11) is 0. The van der Waals surface area contributed by atoms with Crippen LogP contribution in [0.25, 0.3) is 11.3 Å². The van der Waals surface area contributed by atoms with E-state index in [0.29, 0.717) is 30.7 Å². The third-order valence-electron chi connectivity index (χ3n) is 20.6. The number of ether oxygens (including phenoxy) is 1. The van der Waals surface area contributed by atoms with Gasteiger partial charge in [0.25, 0.3) is 0 Å². The number of hydrogen-bond acceptors (Lipinski definition) is 5. The van der Waals surface area contributed by atoms with Crippen LogP contribution in [0.15, 0.2) is 78.0 Å². The summed E-state index contributed by atoms with van der Waals surface area (Å²) in [6, 6.07) is 20.9. The Kier molecular flexibility index (Phi) is 10.5. The lowest BCUT2D eigenvalue weighted by molar-refractivity contribution is -0.236. The van der Waals surface area contributed by atoms with Crippen molar-refractivity contribution in [3.8, 4) is 11.3 Å². The van der Waals surface area contributed by atoms with Crippen LogP contribution in [-0.2, 0) is 25.5 Å². The number of amides is 1. The fourth-order valence-corrected chi connectivity index (χ4v) is 16.8. The van der Waals surface area contributed by atoms with E-state index in [4.69, 9.17) is 9.72 Å². The van der Waals surface area contributed by atoms with Crippen molar-refractivity contribution in [2.75, 3.05) is 6.54 Å². The molecule has 342 valence electrons. The maximum atomic E-state index is 15.6. The lowest BCUT2D eigenvalue weighted by Crippen LogP contribution is -2.66. The highest BCUT2D eigenvalue weighted by atomic mass is 16.5. The minimum Gasteiger partial charge on any atom is -0.462 e. The Morgan fingerprint density at radius 1 is 0.812 bits per heavy atom. The molecule has 1 aromatic heterocycles. The van der Waals surface area contributed by atoms with Gasteiger partial charge < -0.3 is 14.6 Å². The second-order valence-electron chi connectivity index (χ2n) is 24.3. The molecule has 0 bridgehead atoms. The van der Waals surface area contributed by atoms with Gasteiger partial charge in [-0.15, -0.1) is 0 Å². The van der Waals surface area contributed by atoms with Gasteiger partial charge in [0, 0.05) is 18.4 Å². The van der Waals surface area contributed by atoms with E-state index in [1.807, 2.05) is 24.4 Å². The molecule has 7 nitrogen and oxygen atoms in total. The molecule has 10 rings (SSSR count). The first kappa shape index (κ1) is 43.9. The van der Waals surface area contributed by atoms with E-state index in [2.05, 4.69) is 115 Å². The molecule has 2 heterocycles. The van der Waals surface area contributed by atoms with Crippen molar-refractivity contribution in [1.29, 1.82) is 0 Å². The predicted octanol–water partition coefficient (Wildman–Crippen LogP) is 12.5. The number of aromatic nitrogens is 2. The first-order valence-electron chi connectivity index (χ1n) is 25.3. The SMILES string of the molecule is CC(C)C1=C2[C@H]3CC[C@@H]4[C@@]5(C)CC[C@H](OC(=O)[C@H]6C[C@@H](Cc7ccccc7)C6(C)C)C(C)(C)[C@@H]5CC[C@@]4(C)[C@]3(C)CC[C@@]2(C(=O)N2CCC[C@H]2c2ncc(-c3ccccc3)[nH]2)CC1=O. The average Bonchev–Trinajstić information content (AvgIpc) is 4.02. The fraction of sp³-hybridized carbons (Fsp3) is 0.649. The van der Waals surface area contributed by atoms with Gasteiger partial charge in [0.05, 0.1) is 29.3 Å². The highest BCUT2D eigenvalue weighted by molar-refractivity contribution is 6.07. The van der Waals surface area contributed by atoms with Crippen molar-refractivity contribution in [1.82, 2.24) is 14.9 Å². The molecule has 5 saturated carbocycles. The van der Waals surface area contributed by atoms with Crippen LogP contribution in [0, 0.1) is 68.0 Å². The summed E-state index contributed by atoms with van der Waals surface area (Å²) in [4.78, 5) is 54.8. The first-order valence-corrected chi connectivity index (χ1v) is 25.3. The lowest BCUT2D eigenvalue weighted by atomic mass is 9.33. The molecule has 1 amide bonds. The number of carbonyl (C=O) groups excluding carboxylic acids is 3. The summed E-state index contributed by atoms with van der Waals surface area (Å²) < 4.78 is 6.71. The molecule has 3 aromatic rings. The molecule has 1 saturated heterocycles. The molecule has 64 heavy (non-hydrogen) atoms. The summed E-state index contributed by atoms with van der Waals surface area (Å²) in [5, 5.41) is 0. The number of imidazole rings is 1. The summed E-state index contributed by atoms with van der Waals surface area (Å²) in [5.74, 6) is 2.91. The van der Waals surface area contributed by atoms with Gasteiger partial charge in [-0.05, 0) is 151 Å². The van der Waals surface area contributed by atoms with Crippen LogP contribution in [0.2, 0.25) is 0 Å². The van der Waals surface area contributed by atoms with Gasteiger partial charge in [-0.25, -0.2) is 4.98 Å². The third kappa shape index (κ3) is 6.30. The van der Waals surface area contributed by atoms with Gasteiger partial charge in [0.1, 0.15) is 11.9 Å². The van der Waals surface area contributed by atoms with Gasteiger partial charge in [0.2, 0.25) is 5.91 Å². The zero-order valence-corrected chi connectivity index (χ0v) is 40.4. The normalized spacial score (nSPS) is 38.5. The van der Waals surface area contributed by atoms with Crippen molar-refractivity contribution in [3.63, 3.8) is 0 Å². The van der Waals surface area contributed by atoms with Crippen molar-refractivity contribution in [2.45, 2.75) is 158 Å². The lowest BCUT2D eigenvalue weighted by Gasteiger charge is -2.72. The van der Waals surface area contributed by atoms with Crippen LogP contribution < -0.4 is 0 Å². The molecular formula is C57H75N3O4. The van der Waals surface area contributed by atoms with Crippen molar-refractivity contribution >= 4 is 17.7 Å². The van der Waals surface area contributed by atoms with E-state index in [1.165, 1.54) is 11.1 Å². The van der Waals surface area contributed by atoms with Gasteiger partial charge in [-0.2, -0.15) is 0 Å². The van der Waals surface area contributed by atoms with E-state index < -0.39 is 5.41 Å². The predicted molar refractivity (Wildman–Crippen MR) is 253 cm³/mol. The number of fused-ring (bicyclic) bond motifs is 7. The Morgan fingerprint density at radius 3 is 2.23 bits per heavy atom. The van der Waals surface area contributed by atoms with Gasteiger partial charge in [-0.3, -0.25) is 14.4 Å². The van der Waals surface area contributed by atoms with Crippen LogP contribution in [0.4, 0.5) is 0 Å². The van der Waals surface area contributed by atoms with Crippen LogP contribution in [0.3, 0.4) is 0 Å². The topological polar surface area (TPSA) is 92.4 Å². The Hall–Kier alpha value is -4.00. The Morgan fingerprint density at radius 2 is 1.53 bits per heavy atom. The molecule has 1 aliphatic heterocycles. The van der Waals surface area contributed by atoms with Crippen LogP contribution in [0.5, 0.6) is 0 Å². The molecule has 6 fully saturated rings. The highest BCUT2D eigenvalue weighted by Crippen LogP contribution is 2.77. The maximum Gasteiger partial charge on any atom is 0.309 e. The quantitative estimate of drug-likeness (QED) is 0.228. The van der Waals surface area contributed by atoms with Crippen molar-refractivity contribution in [2.24, 2.45) is 68.0 Å². The molecule has 0 unspecified atom stereocenters. The first-order chi connectivity index (χ1) is 30.4. The standard InChI is InChI=1S/C57H75N3O4/c1-35(2)47-43(61)33-57(51(63)60-30-16-21-42(60)49-58-34-41(59-49)37-19-14-11-15-20-37)29-28-55(8)39(48(47)57)22-23-45-54(7)26-25-46(53(5,6)44(54)24-27-56(45,55)9)64-50(62)40-32-38(52(40,3)4)31-36-17-12-10-13-18-36/h10-15,17-20,34-35,38-40,42,44-46H,16,21-33H2,1-9H3,(H,58,59)/t38-,39-,40-,42+,44+,45-,46+,54+,55-,56-,57-/m1/s1. The average molecular weight is 866 g/mol. The van der Waals surface area contributed by atoms with Crippen LogP contribution in [-0.4, -0.2) is 45.2 Å². The minimum absolute atomic E-state index is 0.0200. The third-order valence-corrected chi connectivity index (χ3v) is 20.6. The van der Waals surface area contributed by atoms with Crippen molar-refractivity contribution < 1.29 is 19.1 Å². The molecular weight excluding hydrogens is 791 g/mol. The Labute approximate surface area is 383 Å². The number of rotatable bonds is 8. The van der Waals surface area contributed by atoms with Gasteiger partial charge in [0.15, 0.2) is 5.78 Å². The fourth-order valence-electron chi connectivity index (χ4n) is 16.8. The maximum absolute atomic E-state index is 15.6. The number of aromatic amines is 1. The molecule has 0 spiro atoms. The number of nitrogens with one attached hydrogen (secondary N) is 1. The molecule has 11 atom stereocenters. The van der Waals surface area contributed by atoms with Crippen molar-refractivity contribution in [3.05, 3.63) is 89.4 Å². The minimum atomic E-state index is -0.775. The molecule has 6 aliphatic carbocycles. The van der Waals surface area contributed by atoms with E-state index in [0.717, 1.165) is 99.7 Å². The van der Waals surface area contributed by atoms with E-state index in [9.17, 15) is 9.59 Å². The Balaban J connectivity index is 0.892. The number of esters is 1. The zero-order chi connectivity index (χ0) is 45.2. The summed E-state index contributed by atoms with van der Waals surface area (Å²) in [5.41, 5.74) is 4.73. The van der Waals surface area contributed by atoms with Gasteiger partial charge >= 0.3 is 5.97 Å². The zero-order valence-electron chi connectivity index (χ0n) is 40.4. The van der Waals surface area contributed by atoms with E-state index in [-0.39, 0.29) is 74.6 Å². The van der Waals surface area contributed by atoms with E-state index in [1.54, 1.807) is 0 Å². The second-order valence-corrected chi connectivity index (χ2v) is 24.3. The summed E-state index contributed by atoms with van der Waals surface area (Å²) in [6.45, 7) is 22.2. The number of carbonyl (C=O) groups is 3. The molecule has 7 heteroatoms. The molecule has 2 aromatic carbocycles. The number of benzene rings is 2. The van der Waals surface area contributed by atoms with E-state index >= 15 is 4.79 Å². The number of ketones is 1. The van der Waals surface area contributed by atoms with Crippen LogP contribution in [0.1, 0.15) is 157 Å². The van der Waals surface area contributed by atoms with Crippen LogP contribution >= 0.6 is 0 Å².